The van der Waals surface area contributed by atoms with Gasteiger partial charge in [0, 0.05) is 18.9 Å². The number of aryl methyl sites for hydroxylation is 1. The molecule has 0 saturated heterocycles. The topological polar surface area (TPSA) is 55.1 Å². The Kier molecular flexibility index (Phi) is 5.90. The van der Waals surface area contributed by atoms with E-state index in [0.29, 0.717) is 24.3 Å². The average molecular weight is 318 g/mol. The maximum atomic E-state index is 13.8. The highest BCUT2D eigenvalue weighted by Crippen LogP contribution is 2.24. The number of rotatable bonds is 7. The predicted octanol–water partition coefficient (Wildman–Crippen LogP) is 3.88. The number of nitrogens with zero attached hydrogens (tertiary/aromatic N) is 1. The van der Waals surface area contributed by atoms with E-state index in [1.54, 1.807) is 25.1 Å². The van der Waals surface area contributed by atoms with E-state index in [2.05, 4.69) is 10.3 Å². The van der Waals surface area contributed by atoms with Crippen LogP contribution in [0.25, 0.3) is 11.5 Å². The van der Waals surface area contributed by atoms with Gasteiger partial charge in [0.25, 0.3) is 0 Å². The molecule has 1 amide bonds. The summed E-state index contributed by atoms with van der Waals surface area (Å²) in [6.45, 7) is 6.32. The fourth-order valence-corrected chi connectivity index (χ4v) is 2.52. The van der Waals surface area contributed by atoms with E-state index >= 15 is 0 Å². The highest BCUT2D eigenvalue weighted by Gasteiger charge is 2.16. The molecule has 2 rings (SSSR count). The summed E-state index contributed by atoms with van der Waals surface area (Å²) >= 11 is 0. The van der Waals surface area contributed by atoms with Crippen molar-refractivity contribution >= 4 is 5.91 Å². The van der Waals surface area contributed by atoms with Crippen LogP contribution in [-0.4, -0.2) is 17.4 Å². The number of nitrogens with one attached hydrogen (secondary N) is 1. The molecule has 0 fully saturated rings. The van der Waals surface area contributed by atoms with Gasteiger partial charge >= 0.3 is 0 Å². The summed E-state index contributed by atoms with van der Waals surface area (Å²) in [4.78, 5) is 16.3. The zero-order valence-electron chi connectivity index (χ0n) is 13.9. The maximum absolute atomic E-state index is 13.8. The molecule has 124 valence electrons. The molecule has 0 spiro atoms. The number of halogens is 1. The van der Waals surface area contributed by atoms with Crippen molar-refractivity contribution in [3.63, 3.8) is 0 Å². The Labute approximate surface area is 136 Å². The molecule has 5 heteroatoms. The van der Waals surface area contributed by atoms with Crippen molar-refractivity contribution in [3.05, 3.63) is 41.5 Å². The van der Waals surface area contributed by atoms with Crippen LogP contribution in [0.2, 0.25) is 0 Å². The Morgan fingerprint density at radius 1 is 1.30 bits per heavy atom. The minimum absolute atomic E-state index is 0.0578. The van der Waals surface area contributed by atoms with Crippen LogP contribution in [0.5, 0.6) is 0 Å². The molecular formula is C18H23FN2O2. The van der Waals surface area contributed by atoms with Crippen molar-refractivity contribution in [2.45, 2.75) is 40.0 Å². The maximum Gasteiger partial charge on any atom is 0.229 e. The van der Waals surface area contributed by atoms with Crippen LogP contribution in [-0.2, 0) is 11.2 Å². The number of benzene rings is 1. The summed E-state index contributed by atoms with van der Waals surface area (Å²) in [6, 6.07) is 6.39. The zero-order valence-corrected chi connectivity index (χ0v) is 13.9. The first kappa shape index (κ1) is 17.2. The molecule has 1 heterocycles. The number of carbonyl (C=O) groups is 1. The van der Waals surface area contributed by atoms with Crippen molar-refractivity contribution in [3.8, 4) is 11.5 Å². The first-order valence-corrected chi connectivity index (χ1v) is 8.05. The van der Waals surface area contributed by atoms with Crippen LogP contribution in [0.15, 0.2) is 28.7 Å². The molecule has 1 aromatic heterocycles. The van der Waals surface area contributed by atoms with Crippen LogP contribution in [0.3, 0.4) is 0 Å². The molecule has 0 unspecified atom stereocenters. The second-order valence-electron chi connectivity index (χ2n) is 5.56. The Morgan fingerprint density at radius 3 is 2.65 bits per heavy atom. The first-order chi connectivity index (χ1) is 11.1. The van der Waals surface area contributed by atoms with Crippen molar-refractivity contribution in [1.29, 1.82) is 0 Å². The van der Waals surface area contributed by atoms with Gasteiger partial charge in [-0.2, -0.15) is 0 Å². The van der Waals surface area contributed by atoms with E-state index in [1.165, 1.54) is 6.07 Å². The average Bonchev–Trinajstić information content (AvgIpc) is 2.90. The Morgan fingerprint density at radius 2 is 2.00 bits per heavy atom. The normalized spacial score (nSPS) is 11.0. The van der Waals surface area contributed by atoms with Gasteiger partial charge in [-0.1, -0.05) is 26.0 Å². The van der Waals surface area contributed by atoms with Crippen LogP contribution >= 0.6 is 0 Å². The number of aromatic nitrogens is 1. The molecule has 0 aliphatic rings. The monoisotopic (exact) mass is 318 g/mol. The molecule has 2 aromatic rings. The van der Waals surface area contributed by atoms with Gasteiger partial charge in [0.2, 0.25) is 11.8 Å². The molecule has 1 aromatic carbocycles. The summed E-state index contributed by atoms with van der Waals surface area (Å²) in [5.41, 5.74) is 1.09. The minimum atomic E-state index is -0.359. The van der Waals surface area contributed by atoms with Crippen LogP contribution in [0, 0.1) is 18.7 Å². The van der Waals surface area contributed by atoms with Gasteiger partial charge in [0.1, 0.15) is 11.6 Å². The van der Waals surface area contributed by atoms with Gasteiger partial charge in [-0.25, -0.2) is 9.37 Å². The standard InChI is InChI=1S/C18H23FN2O2/c1-4-13(5-2)17(22)20-11-10-16-12(3)23-18(21-16)14-8-6-7-9-15(14)19/h6-9,13H,4-5,10-11H2,1-3H3,(H,20,22). The fourth-order valence-electron chi connectivity index (χ4n) is 2.52. The molecule has 1 N–H and O–H groups in total. The first-order valence-electron chi connectivity index (χ1n) is 8.05. The SMILES string of the molecule is CCC(CC)C(=O)NCCc1nc(-c2ccccc2F)oc1C. The van der Waals surface area contributed by atoms with Gasteiger partial charge < -0.3 is 9.73 Å². The van der Waals surface area contributed by atoms with Gasteiger partial charge in [0.05, 0.1) is 11.3 Å². The van der Waals surface area contributed by atoms with Gasteiger partial charge in [-0.3, -0.25) is 4.79 Å². The Bertz CT molecular complexity index is 663. The number of carbonyl (C=O) groups excluding carboxylic acids is 1. The number of hydrogen-bond acceptors (Lipinski definition) is 3. The second kappa shape index (κ2) is 7.90. The van der Waals surface area contributed by atoms with E-state index in [0.717, 1.165) is 18.5 Å². The van der Waals surface area contributed by atoms with Crippen molar-refractivity contribution in [1.82, 2.24) is 10.3 Å². The van der Waals surface area contributed by atoms with Crippen LogP contribution in [0.1, 0.15) is 38.1 Å². The molecular weight excluding hydrogens is 295 g/mol. The lowest BCUT2D eigenvalue weighted by atomic mass is 10.0. The van der Waals surface area contributed by atoms with Crippen molar-refractivity contribution < 1.29 is 13.6 Å². The van der Waals surface area contributed by atoms with Crippen LogP contribution < -0.4 is 5.32 Å². The third-order valence-corrected chi connectivity index (χ3v) is 4.01. The zero-order chi connectivity index (χ0) is 16.8. The number of amides is 1. The molecule has 0 bridgehead atoms. The van der Waals surface area contributed by atoms with Crippen molar-refractivity contribution in [2.75, 3.05) is 6.54 Å². The highest BCUT2D eigenvalue weighted by molar-refractivity contribution is 5.78. The number of hydrogen-bond donors (Lipinski definition) is 1. The van der Waals surface area contributed by atoms with E-state index in [1.807, 2.05) is 13.8 Å². The summed E-state index contributed by atoms with van der Waals surface area (Å²) in [5, 5.41) is 2.93. The molecule has 0 aliphatic carbocycles. The lowest BCUT2D eigenvalue weighted by Gasteiger charge is -2.12. The quantitative estimate of drug-likeness (QED) is 0.843. The predicted molar refractivity (Wildman–Crippen MR) is 87.4 cm³/mol. The summed E-state index contributed by atoms with van der Waals surface area (Å²) in [6.07, 6.45) is 2.24. The second-order valence-corrected chi connectivity index (χ2v) is 5.56. The fraction of sp³-hybridized carbons (Fsp3) is 0.444. The summed E-state index contributed by atoms with van der Waals surface area (Å²) in [5.74, 6) is 0.706. The molecule has 0 saturated carbocycles. The molecule has 23 heavy (non-hydrogen) atoms. The molecule has 0 aliphatic heterocycles. The summed E-state index contributed by atoms with van der Waals surface area (Å²) < 4.78 is 19.3. The van der Waals surface area contributed by atoms with Gasteiger partial charge in [-0.05, 0) is 31.9 Å². The third-order valence-electron chi connectivity index (χ3n) is 4.01. The van der Waals surface area contributed by atoms with E-state index < -0.39 is 0 Å². The Balaban J connectivity index is 2.00. The van der Waals surface area contributed by atoms with Crippen molar-refractivity contribution in [2.24, 2.45) is 5.92 Å². The Hall–Kier alpha value is -2.17. The third kappa shape index (κ3) is 4.18. The lowest BCUT2D eigenvalue weighted by Crippen LogP contribution is -2.31. The minimum Gasteiger partial charge on any atom is -0.441 e. The largest absolute Gasteiger partial charge is 0.441 e. The van der Waals surface area contributed by atoms with Crippen LogP contribution in [0.4, 0.5) is 4.39 Å². The lowest BCUT2D eigenvalue weighted by molar-refractivity contribution is -0.125. The molecule has 0 radical (unpaired) electrons. The van der Waals surface area contributed by atoms with E-state index in [4.69, 9.17) is 4.42 Å². The van der Waals surface area contributed by atoms with E-state index in [-0.39, 0.29) is 23.5 Å². The smallest absolute Gasteiger partial charge is 0.229 e. The number of oxazole rings is 1. The molecule has 0 atom stereocenters. The highest BCUT2D eigenvalue weighted by atomic mass is 19.1. The van der Waals surface area contributed by atoms with Gasteiger partial charge in [0.15, 0.2) is 0 Å². The van der Waals surface area contributed by atoms with Gasteiger partial charge in [-0.15, -0.1) is 0 Å². The molecule has 4 nitrogen and oxygen atoms in total. The summed E-state index contributed by atoms with van der Waals surface area (Å²) in [7, 11) is 0. The van der Waals surface area contributed by atoms with E-state index in [9.17, 15) is 9.18 Å².